The molecular formula is C15H16BrNO. The standard InChI is InChI=1S/C15H16BrNO/c1-11(2)14-5-3-4-6-15(14)18-10-13-8-7-12(16)9-17-13/h3-9,11H,10H2,1-2H3. The average Bonchev–Trinajstić information content (AvgIpc) is 2.38. The third-order valence-electron chi connectivity index (χ3n) is 2.71. The third-order valence-corrected chi connectivity index (χ3v) is 3.17. The van der Waals surface area contributed by atoms with Gasteiger partial charge >= 0.3 is 0 Å². The molecule has 0 unspecified atom stereocenters. The summed E-state index contributed by atoms with van der Waals surface area (Å²) in [7, 11) is 0. The SMILES string of the molecule is CC(C)c1ccccc1OCc1ccc(Br)cn1. The number of hydrogen-bond donors (Lipinski definition) is 0. The highest BCUT2D eigenvalue weighted by Gasteiger charge is 2.07. The predicted octanol–water partition coefficient (Wildman–Crippen LogP) is 4.55. The van der Waals surface area contributed by atoms with E-state index in [0.717, 1.165) is 15.9 Å². The van der Waals surface area contributed by atoms with Gasteiger partial charge in [0.25, 0.3) is 0 Å². The zero-order valence-electron chi connectivity index (χ0n) is 10.6. The quantitative estimate of drug-likeness (QED) is 0.827. The van der Waals surface area contributed by atoms with E-state index < -0.39 is 0 Å². The highest BCUT2D eigenvalue weighted by atomic mass is 79.9. The van der Waals surface area contributed by atoms with Gasteiger partial charge in [-0.2, -0.15) is 0 Å². The Hall–Kier alpha value is -1.35. The van der Waals surface area contributed by atoms with Crippen molar-refractivity contribution in [3.8, 4) is 5.75 Å². The van der Waals surface area contributed by atoms with Gasteiger partial charge in [0.05, 0.1) is 5.69 Å². The van der Waals surface area contributed by atoms with E-state index in [0.29, 0.717) is 12.5 Å². The summed E-state index contributed by atoms with van der Waals surface area (Å²) in [4.78, 5) is 4.30. The van der Waals surface area contributed by atoms with Crippen molar-refractivity contribution >= 4 is 15.9 Å². The summed E-state index contributed by atoms with van der Waals surface area (Å²) >= 11 is 3.37. The van der Waals surface area contributed by atoms with Crippen molar-refractivity contribution in [1.82, 2.24) is 4.98 Å². The summed E-state index contributed by atoms with van der Waals surface area (Å²) in [5.74, 6) is 1.40. The largest absolute Gasteiger partial charge is 0.487 e. The van der Waals surface area contributed by atoms with E-state index in [1.54, 1.807) is 6.20 Å². The van der Waals surface area contributed by atoms with E-state index in [1.165, 1.54) is 5.56 Å². The smallest absolute Gasteiger partial charge is 0.130 e. The molecule has 3 heteroatoms. The number of nitrogens with zero attached hydrogens (tertiary/aromatic N) is 1. The number of halogens is 1. The van der Waals surface area contributed by atoms with Crippen molar-refractivity contribution in [3.63, 3.8) is 0 Å². The van der Waals surface area contributed by atoms with Gasteiger partial charge in [0.15, 0.2) is 0 Å². The van der Waals surface area contributed by atoms with E-state index in [-0.39, 0.29) is 0 Å². The topological polar surface area (TPSA) is 22.1 Å². The molecule has 0 amide bonds. The molecule has 1 heterocycles. The molecule has 0 fully saturated rings. The number of aromatic nitrogens is 1. The third kappa shape index (κ3) is 3.33. The molecule has 0 aliphatic carbocycles. The van der Waals surface area contributed by atoms with Gasteiger partial charge in [-0.3, -0.25) is 4.98 Å². The normalized spacial score (nSPS) is 10.7. The molecular weight excluding hydrogens is 290 g/mol. The van der Waals surface area contributed by atoms with Gasteiger partial charge in [0, 0.05) is 10.7 Å². The van der Waals surface area contributed by atoms with Crippen LogP contribution in [-0.2, 0) is 6.61 Å². The Balaban J connectivity index is 2.08. The van der Waals surface area contributed by atoms with Crippen molar-refractivity contribution in [2.75, 3.05) is 0 Å². The Morgan fingerprint density at radius 1 is 1.17 bits per heavy atom. The van der Waals surface area contributed by atoms with Crippen LogP contribution in [0.25, 0.3) is 0 Å². The second-order valence-electron chi connectivity index (χ2n) is 4.45. The lowest BCUT2D eigenvalue weighted by atomic mass is 10.0. The molecule has 0 saturated heterocycles. The molecule has 0 atom stereocenters. The van der Waals surface area contributed by atoms with Crippen molar-refractivity contribution in [2.45, 2.75) is 26.4 Å². The first-order valence-corrected chi connectivity index (χ1v) is 6.78. The van der Waals surface area contributed by atoms with Crippen LogP contribution in [0.4, 0.5) is 0 Å². The number of pyridine rings is 1. The number of hydrogen-bond acceptors (Lipinski definition) is 2. The van der Waals surface area contributed by atoms with Crippen LogP contribution in [0.3, 0.4) is 0 Å². The van der Waals surface area contributed by atoms with Gasteiger partial charge in [-0.05, 0) is 45.6 Å². The first-order valence-electron chi connectivity index (χ1n) is 5.99. The van der Waals surface area contributed by atoms with Gasteiger partial charge in [-0.15, -0.1) is 0 Å². The van der Waals surface area contributed by atoms with Crippen LogP contribution in [0.15, 0.2) is 47.1 Å². The number of ether oxygens (including phenoxy) is 1. The second-order valence-corrected chi connectivity index (χ2v) is 5.36. The van der Waals surface area contributed by atoms with Crippen LogP contribution >= 0.6 is 15.9 Å². The summed E-state index contributed by atoms with van der Waals surface area (Å²) in [6.45, 7) is 4.83. The molecule has 0 spiro atoms. The van der Waals surface area contributed by atoms with Gasteiger partial charge in [0.2, 0.25) is 0 Å². The van der Waals surface area contributed by atoms with Crippen LogP contribution < -0.4 is 4.74 Å². The maximum Gasteiger partial charge on any atom is 0.130 e. The first kappa shape index (κ1) is 13.1. The molecule has 0 aliphatic rings. The van der Waals surface area contributed by atoms with Gasteiger partial charge in [0.1, 0.15) is 12.4 Å². The molecule has 0 aliphatic heterocycles. The first-order chi connectivity index (χ1) is 8.66. The molecule has 94 valence electrons. The van der Waals surface area contributed by atoms with Crippen molar-refractivity contribution in [3.05, 3.63) is 58.3 Å². The van der Waals surface area contributed by atoms with E-state index >= 15 is 0 Å². The molecule has 2 nitrogen and oxygen atoms in total. The Kier molecular flexibility index (Phi) is 4.37. The fourth-order valence-corrected chi connectivity index (χ4v) is 1.97. The monoisotopic (exact) mass is 305 g/mol. The summed E-state index contributed by atoms with van der Waals surface area (Å²) < 4.78 is 6.83. The molecule has 0 bridgehead atoms. The Bertz CT molecular complexity index is 508. The minimum absolute atomic E-state index is 0.457. The zero-order valence-corrected chi connectivity index (χ0v) is 12.1. The van der Waals surface area contributed by atoms with Crippen molar-refractivity contribution < 1.29 is 4.74 Å². The second kappa shape index (κ2) is 6.01. The predicted molar refractivity (Wildman–Crippen MR) is 76.8 cm³/mol. The van der Waals surface area contributed by atoms with E-state index in [4.69, 9.17) is 4.74 Å². The number of para-hydroxylation sites is 1. The summed E-state index contributed by atoms with van der Waals surface area (Å²) in [6.07, 6.45) is 1.78. The molecule has 0 N–H and O–H groups in total. The van der Waals surface area contributed by atoms with E-state index in [2.05, 4.69) is 40.8 Å². The van der Waals surface area contributed by atoms with Gasteiger partial charge in [-0.1, -0.05) is 32.0 Å². The minimum atomic E-state index is 0.457. The van der Waals surface area contributed by atoms with E-state index in [9.17, 15) is 0 Å². The number of rotatable bonds is 4. The van der Waals surface area contributed by atoms with Crippen LogP contribution in [0.2, 0.25) is 0 Å². The molecule has 0 saturated carbocycles. The summed E-state index contributed by atoms with van der Waals surface area (Å²) in [6, 6.07) is 12.1. The van der Waals surface area contributed by atoms with E-state index in [1.807, 2.05) is 30.3 Å². The molecule has 1 aromatic carbocycles. The zero-order chi connectivity index (χ0) is 13.0. The van der Waals surface area contributed by atoms with Crippen LogP contribution in [-0.4, -0.2) is 4.98 Å². The van der Waals surface area contributed by atoms with Gasteiger partial charge < -0.3 is 4.74 Å². The Morgan fingerprint density at radius 3 is 2.61 bits per heavy atom. The lowest BCUT2D eigenvalue weighted by Crippen LogP contribution is -2.01. The maximum atomic E-state index is 5.85. The fourth-order valence-electron chi connectivity index (χ4n) is 1.73. The summed E-state index contributed by atoms with van der Waals surface area (Å²) in [5.41, 5.74) is 2.16. The summed E-state index contributed by atoms with van der Waals surface area (Å²) in [5, 5.41) is 0. The van der Waals surface area contributed by atoms with Crippen LogP contribution in [0.5, 0.6) is 5.75 Å². The van der Waals surface area contributed by atoms with Crippen molar-refractivity contribution in [1.29, 1.82) is 0 Å². The number of benzene rings is 1. The van der Waals surface area contributed by atoms with Crippen molar-refractivity contribution in [2.24, 2.45) is 0 Å². The van der Waals surface area contributed by atoms with Gasteiger partial charge in [-0.25, -0.2) is 0 Å². The minimum Gasteiger partial charge on any atom is -0.487 e. The van der Waals surface area contributed by atoms with Crippen LogP contribution in [0, 0.1) is 0 Å². The molecule has 1 aromatic heterocycles. The van der Waals surface area contributed by atoms with Crippen LogP contribution in [0.1, 0.15) is 31.0 Å². The molecule has 18 heavy (non-hydrogen) atoms. The maximum absolute atomic E-state index is 5.85. The Labute approximate surface area is 116 Å². The molecule has 2 rings (SSSR count). The highest BCUT2D eigenvalue weighted by molar-refractivity contribution is 9.10. The molecule has 2 aromatic rings. The lowest BCUT2D eigenvalue weighted by molar-refractivity contribution is 0.297. The average molecular weight is 306 g/mol. The Morgan fingerprint density at radius 2 is 1.94 bits per heavy atom. The fraction of sp³-hybridized carbons (Fsp3) is 0.267. The molecule has 0 radical (unpaired) electrons. The highest BCUT2D eigenvalue weighted by Crippen LogP contribution is 2.26. The lowest BCUT2D eigenvalue weighted by Gasteiger charge is -2.13.